The molecule has 1 aromatic carbocycles. The van der Waals surface area contributed by atoms with Gasteiger partial charge >= 0.3 is 0 Å². The largest absolute Gasteiger partial charge is 0.349 e. The molecule has 1 unspecified atom stereocenters. The zero-order valence-corrected chi connectivity index (χ0v) is 10.3. The number of hydrogen-bond acceptors (Lipinski definition) is 3. The fourth-order valence-corrected chi connectivity index (χ4v) is 2.39. The molecule has 0 saturated carbocycles. The Morgan fingerprint density at radius 2 is 1.69 bits per heavy atom. The van der Waals surface area contributed by atoms with Crippen molar-refractivity contribution in [1.82, 2.24) is 5.06 Å². The number of nitrogens with zero attached hydrogens (tertiary/aromatic N) is 1. The van der Waals surface area contributed by atoms with Gasteiger partial charge in [-0.1, -0.05) is 30.3 Å². The third-order valence-electron chi connectivity index (χ3n) is 3.21. The highest BCUT2D eigenvalue weighted by Gasteiger charge is 2.53. The number of hydrogen-bond donors (Lipinski definition) is 1. The predicted octanol–water partition coefficient (Wildman–Crippen LogP) is 2.96. The van der Waals surface area contributed by atoms with Crippen LogP contribution in [0.25, 0.3) is 0 Å². The van der Waals surface area contributed by atoms with E-state index in [9.17, 15) is 5.21 Å². The molecule has 0 radical (unpaired) electrons. The minimum atomic E-state index is -0.649. The number of rotatable bonds is 1. The molecule has 16 heavy (non-hydrogen) atoms. The summed E-state index contributed by atoms with van der Waals surface area (Å²) in [6.45, 7) is 7.72. The average Bonchev–Trinajstić information content (AvgIpc) is 2.40. The maximum absolute atomic E-state index is 10.1. The van der Waals surface area contributed by atoms with Gasteiger partial charge in [-0.25, -0.2) is 0 Å². The van der Waals surface area contributed by atoms with E-state index in [0.717, 1.165) is 5.56 Å². The number of benzene rings is 1. The first kappa shape index (κ1) is 11.6. The Hall–Kier alpha value is -0.900. The minimum Gasteiger partial charge on any atom is -0.349 e. The van der Waals surface area contributed by atoms with Crippen LogP contribution in [0.3, 0.4) is 0 Å². The molecule has 0 bridgehead atoms. The Morgan fingerprint density at radius 1 is 1.12 bits per heavy atom. The molecular weight excluding hydrogens is 202 g/mol. The van der Waals surface area contributed by atoms with Gasteiger partial charge < -0.3 is 9.94 Å². The second-order valence-electron chi connectivity index (χ2n) is 5.32. The SMILES string of the molecule is CC1(C)OC(c2ccccc2)C(C)(C)N1O. The Kier molecular flexibility index (Phi) is 2.57. The van der Waals surface area contributed by atoms with Crippen LogP contribution in [-0.2, 0) is 4.74 Å². The highest BCUT2D eigenvalue weighted by molar-refractivity contribution is 5.22. The molecule has 1 heterocycles. The van der Waals surface area contributed by atoms with Gasteiger partial charge in [0.1, 0.15) is 11.8 Å². The first-order valence-corrected chi connectivity index (χ1v) is 5.58. The molecule has 3 heteroatoms. The van der Waals surface area contributed by atoms with E-state index in [2.05, 4.69) is 0 Å². The first-order chi connectivity index (χ1) is 7.36. The zero-order chi connectivity index (χ0) is 12.0. The van der Waals surface area contributed by atoms with Crippen LogP contribution < -0.4 is 0 Å². The van der Waals surface area contributed by atoms with Crippen LogP contribution in [-0.4, -0.2) is 21.5 Å². The van der Waals surface area contributed by atoms with Crippen LogP contribution in [0, 0.1) is 0 Å². The lowest BCUT2D eigenvalue weighted by molar-refractivity contribution is -0.234. The van der Waals surface area contributed by atoms with Gasteiger partial charge in [-0.05, 0) is 33.3 Å². The summed E-state index contributed by atoms with van der Waals surface area (Å²) in [6, 6.07) is 10.0. The number of hydroxylamine groups is 2. The van der Waals surface area contributed by atoms with Gasteiger partial charge in [0.15, 0.2) is 0 Å². The quantitative estimate of drug-likeness (QED) is 0.791. The summed E-state index contributed by atoms with van der Waals surface area (Å²) in [5, 5.41) is 11.4. The van der Waals surface area contributed by atoms with Crippen LogP contribution in [0.2, 0.25) is 0 Å². The van der Waals surface area contributed by atoms with Gasteiger partial charge in [-0.2, -0.15) is 5.06 Å². The van der Waals surface area contributed by atoms with E-state index < -0.39 is 11.3 Å². The summed E-state index contributed by atoms with van der Waals surface area (Å²) in [4.78, 5) is 0. The van der Waals surface area contributed by atoms with Crippen LogP contribution >= 0.6 is 0 Å². The van der Waals surface area contributed by atoms with Gasteiger partial charge in [0.2, 0.25) is 0 Å². The van der Waals surface area contributed by atoms with Crippen LogP contribution in [0.15, 0.2) is 30.3 Å². The van der Waals surface area contributed by atoms with Gasteiger partial charge in [0.25, 0.3) is 0 Å². The smallest absolute Gasteiger partial charge is 0.139 e. The van der Waals surface area contributed by atoms with Crippen molar-refractivity contribution >= 4 is 0 Å². The predicted molar refractivity (Wildman–Crippen MR) is 62.1 cm³/mol. The molecule has 0 aromatic heterocycles. The van der Waals surface area contributed by atoms with E-state index in [-0.39, 0.29) is 6.10 Å². The van der Waals surface area contributed by atoms with Gasteiger partial charge in [0.05, 0.1) is 5.54 Å². The van der Waals surface area contributed by atoms with Crippen molar-refractivity contribution < 1.29 is 9.94 Å². The summed E-state index contributed by atoms with van der Waals surface area (Å²) in [6.07, 6.45) is -0.117. The number of ether oxygens (including phenoxy) is 1. The zero-order valence-electron chi connectivity index (χ0n) is 10.3. The van der Waals surface area contributed by atoms with Crippen LogP contribution in [0.1, 0.15) is 39.4 Å². The molecule has 0 spiro atoms. The summed E-state index contributed by atoms with van der Waals surface area (Å²) in [5.74, 6) is 0. The van der Waals surface area contributed by atoms with Crippen molar-refractivity contribution in [3.05, 3.63) is 35.9 Å². The molecular formula is C13H19NO2. The fourth-order valence-electron chi connectivity index (χ4n) is 2.39. The summed E-state index contributed by atoms with van der Waals surface area (Å²) >= 11 is 0. The van der Waals surface area contributed by atoms with Crippen molar-refractivity contribution in [1.29, 1.82) is 0 Å². The Morgan fingerprint density at radius 3 is 2.12 bits per heavy atom. The fraction of sp³-hybridized carbons (Fsp3) is 0.538. The molecule has 3 nitrogen and oxygen atoms in total. The second-order valence-corrected chi connectivity index (χ2v) is 5.32. The van der Waals surface area contributed by atoms with E-state index in [4.69, 9.17) is 4.74 Å². The lowest BCUT2D eigenvalue weighted by Crippen LogP contribution is -2.47. The summed E-state index contributed by atoms with van der Waals surface area (Å²) < 4.78 is 5.94. The second kappa shape index (κ2) is 3.55. The molecule has 88 valence electrons. The highest BCUT2D eigenvalue weighted by Crippen LogP contribution is 2.46. The van der Waals surface area contributed by atoms with E-state index >= 15 is 0 Å². The molecule has 1 aliphatic rings. The van der Waals surface area contributed by atoms with Crippen LogP contribution in [0.5, 0.6) is 0 Å². The molecule has 1 aromatic rings. The third kappa shape index (κ3) is 1.65. The molecule has 1 atom stereocenters. The lowest BCUT2D eigenvalue weighted by atomic mass is 9.92. The summed E-state index contributed by atoms with van der Waals surface area (Å²) in [7, 11) is 0. The Balaban J connectivity index is 2.38. The van der Waals surface area contributed by atoms with Crippen molar-refractivity contribution in [2.24, 2.45) is 0 Å². The van der Waals surface area contributed by atoms with E-state index in [1.807, 2.05) is 58.0 Å². The maximum atomic E-state index is 10.1. The van der Waals surface area contributed by atoms with E-state index in [0.29, 0.717) is 0 Å². The first-order valence-electron chi connectivity index (χ1n) is 5.58. The van der Waals surface area contributed by atoms with Crippen molar-refractivity contribution in [3.63, 3.8) is 0 Å². The van der Waals surface area contributed by atoms with E-state index in [1.165, 1.54) is 5.06 Å². The van der Waals surface area contributed by atoms with Crippen molar-refractivity contribution in [2.75, 3.05) is 0 Å². The van der Waals surface area contributed by atoms with Gasteiger partial charge in [-0.3, -0.25) is 0 Å². The van der Waals surface area contributed by atoms with E-state index in [1.54, 1.807) is 0 Å². The third-order valence-corrected chi connectivity index (χ3v) is 3.21. The van der Waals surface area contributed by atoms with Gasteiger partial charge in [0, 0.05) is 0 Å². The highest BCUT2D eigenvalue weighted by atomic mass is 16.6. The molecule has 0 aliphatic carbocycles. The topological polar surface area (TPSA) is 32.7 Å². The monoisotopic (exact) mass is 221 g/mol. The maximum Gasteiger partial charge on any atom is 0.139 e. The molecule has 1 saturated heterocycles. The standard InChI is InChI=1S/C13H19NO2/c1-12(2)11(10-8-6-5-7-9-10)16-13(3,4)14(12)15/h5-9,11,15H,1-4H3. The molecule has 1 N–H and O–H groups in total. The Labute approximate surface area is 96.6 Å². The minimum absolute atomic E-state index is 0.117. The van der Waals surface area contributed by atoms with Crippen molar-refractivity contribution in [2.45, 2.75) is 45.1 Å². The molecule has 1 aliphatic heterocycles. The average molecular weight is 221 g/mol. The molecule has 1 fully saturated rings. The summed E-state index contributed by atoms with van der Waals surface area (Å²) in [5.41, 5.74) is 0.0200. The normalized spacial score (nSPS) is 28.2. The van der Waals surface area contributed by atoms with Crippen molar-refractivity contribution in [3.8, 4) is 0 Å². The van der Waals surface area contributed by atoms with Crippen LogP contribution in [0.4, 0.5) is 0 Å². The lowest BCUT2D eigenvalue weighted by Gasteiger charge is -2.32. The molecule has 0 amide bonds. The van der Waals surface area contributed by atoms with Gasteiger partial charge in [-0.15, -0.1) is 0 Å². The molecule has 2 rings (SSSR count). The Bertz CT molecular complexity index is 373.